The zero-order valence-corrected chi connectivity index (χ0v) is 13.5. The van der Waals surface area contributed by atoms with Crippen LogP contribution in [0.25, 0.3) is 0 Å². The van der Waals surface area contributed by atoms with Crippen LogP contribution in [0.2, 0.25) is 10.0 Å². The van der Waals surface area contributed by atoms with E-state index in [-0.39, 0.29) is 29.2 Å². The Kier molecular flexibility index (Phi) is 4.15. The van der Waals surface area contributed by atoms with Crippen molar-refractivity contribution in [2.45, 2.75) is 18.4 Å². The van der Waals surface area contributed by atoms with Crippen molar-refractivity contribution in [3.8, 4) is 0 Å². The average molecular weight is 350 g/mol. The van der Waals surface area contributed by atoms with Gasteiger partial charge in [0.05, 0.1) is 10.7 Å². The minimum atomic E-state index is -1.97. The molecule has 1 heterocycles. The number of carbonyl (C=O) groups excluding carboxylic acids is 2. The number of fused-ring (bicyclic) bond motifs is 1. The number of benzene rings is 2. The van der Waals surface area contributed by atoms with E-state index in [1.54, 1.807) is 0 Å². The number of hydrogen-bond acceptors (Lipinski definition) is 3. The first-order valence-electron chi connectivity index (χ1n) is 6.99. The monoisotopic (exact) mass is 349 g/mol. The molecule has 2 aromatic rings. The lowest BCUT2D eigenvalue weighted by Gasteiger charge is -2.21. The maximum atomic E-state index is 12.3. The summed E-state index contributed by atoms with van der Waals surface area (Å²) in [6, 6.07) is 12.1. The fourth-order valence-corrected chi connectivity index (χ4v) is 3.42. The molecule has 0 radical (unpaired) electrons. The summed E-state index contributed by atoms with van der Waals surface area (Å²) in [6.45, 7) is 0. The van der Waals surface area contributed by atoms with Gasteiger partial charge in [-0.1, -0.05) is 53.5 Å². The number of aliphatic hydroxyl groups is 1. The number of Topliss-reactive ketones (excluding diaryl/α,β-unsaturated/α-hetero) is 1. The zero-order chi connectivity index (χ0) is 16.6. The lowest BCUT2D eigenvalue weighted by Crippen LogP contribution is -2.37. The maximum Gasteiger partial charge on any atom is 0.261 e. The number of anilines is 1. The van der Waals surface area contributed by atoms with Gasteiger partial charge in [0.2, 0.25) is 0 Å². The Morgan fingerprint density at radius 3 is 2.57 bits per heavy atom. The highest BCUT2D eigenvalue weighted by Gasteiger charge is 2.48. The van der Waals surface area contributed by atoms with Crippen molar-refractivity contribution in [3.05, 3.63) is 63.6 Å². The first-order chi connectivity index (χ1) is 10.9. The molecule has 118 valence electrons. The van der Waals surface area contributed by atoms with Crippen molar-refractivity contribution in [2.24, 2.45) is 0 Å². The van der Waals surface area contributed by atoms with Gasteiger partial charge in [0.25, 0.3) is 5.91 Å². The molecule has 1 atom stereocenters. The Hall–Kier alpha value is -1.88. The van der Waals surface area contributed by atoms with E-state index in [4.69, 9.17) is 23.2 Å². The van der Waals surface area contributed by atoms with E-state index in [2.05, 4.69) is 5.32 Å². The quantitative estimate of drug-likeness (QED) is 0.889. The predicted octanol–water partition coefficient (Wildman–Crippen LogP) is 3.34. The Morgan fingerprint density at radius 2 is 1.87 bits per heavy atom. The van der Waals surface area contributed by atoms with Gasteiger partial charge in [-0.25, -0.2) is 0 Å². The normalized spacial score (nSPS) is 19.3. The molecule has 1 amide bonds. The fourth-order valence-electron chi connectivity index (χ4n) is 2.77. The largest absolute Gasteiger partial charge is 0.375 e. The summed E-state index contributed by atoms with van der Waals surface area (Å²) in [7, 11) is 0. The van der Waals surface area contributed by atoms with Crippen LogP contribution in [0.3, 0.4) is 0 Å². The SMILES string of the molecule is O=C(Cc1ccccc1)C[C@@]1(O)C(=O)Nc2cc(Cl)cc(Cl)c21. The molecular weight excluding hydrogens is 337 g/mol. The predicted molar refractivity (Wildman–Crippen MR) is 88.8 cm³/mol. The standard InChI is InChI=1S/C17H13Cl2NO3/c18-11-7-13(19)15-14(8-11)20-16(22)17(15,23)9-12(21)6-10-4-2-1-3-5-10/h1-5,7-8,23H,6,9H2,(H,20,22)/t17-/m0/s1. The number of ketones is 1. The number of hydrogen-bond donors (Lipinski definition) is 2. The van der Waals surface area contributed by atoms with Gasteiger partial charge in [-0.15, -0.1) is 0 Å². The van der Waals surface area contributed by atoms with Gasteiger partial charge >= 0.3 is 0 Å². The average Bonchev–Trinajstić information content (AvgIpc) is 2.70. The number of nitrogens with one attached hydrogen (secondary N) is 1. The minimum Gasteiger partial charge on any atom is -0.375 e. The van der Waals surface area contributed by atoms with Crippen molar-refractivity contribution in [2.75, 3.05) is 5.32 Å². The smallest absolute Gasteiger partial charge is 0.261 e. The molecule has 0 spiro atoms. The zero-order valence-electron chi connectivity index (χ0n) is 12.0. The Bertz CT molecular complexity index is 792. The van der Waals surface area contributed by atoms with Crippen molar-refractivity contribution >= 4 is 40.6 Å². The second kappa shape index (κ2) is 5.96. The van der Waals surface area contributed by atoms with Gasteiger partial charge in [0, 0.05) is 23.4 Å². The number of halogens is 2. The summed E-state index contributed by atoms with van der Waals surface area (Å²) in [5.74, 6) is -0.925. The van der Waals surface area contributed by atoms with Gasteiger partial charge in [-0.05, 0) is 17.7 Å². The molecule has 0 unspecified atom stereocenters. The van der Waals surface area contributed by atoms with Gasteiger partial charge in [0.15, 0.2) is 5.60 Å². The van der Waals surface area contributed by atoms with Gasteiger partial charge in [0.1, 0.15) is 5.78 Å². The van der Waals surface area contributed by atoms with Crippen molar-refractivity contribution in [1.29, 1.82) is 0 Å². The molecule has 4 nitrogen and oxygen atoms in total. The first kappa shape index (κ1) is 16.0. The molecule has 0 bridgehead atoms. The maximum absolute atomic E-state index is 12.3. The van der Waals surface area contributed by atoms with Crippen LogP contribution in [-0.4, -0.2) is 16.8 Å². The van der Waals surface area contributed by atoms with E-state index in [0.717, 1.165) is 5.56 Å². The molecule has 1 aliphatic heterocycles. The first-order valence-corrected chi connectivity index (χ1v) is 7.75. The van der Waals surface area contributed by atoms with Crippen LogP contribution in [0, 0.1) is 0 Å². The molecule has 0 saturated carbocycles. The third-order valence-corrected chi connectivity index (χ3v) is 4.31. The number of carbonyl (C=O) groups is 2. The molecule has 2 aromatic carbocycles. The summed E-state index contributed by atoms with van der Waals surface area (Å²) in [4.78, 5) is 24.5. The summed E-state index contributed by atoms with van der Waals surface area (Å²) in [6.07, 6.45) is -0.209. The molecule has 3 rings (SSSR count). The highest BCUT2D eigenvalue weighted by atomic mass is 35.5. The van der Waals surface area contributed by atoms with Crippen molar-refractivity contribution < 1.29 is 14.7 Å². The minimum absolute atomic E-state index is 0.136. The summed E-state index contributed by atoms with van der Waals surface area (Å²) >= 11 is 12.0. The molecule has 2 N–H and O–H groups in total. The van der Waals surface area contributed by atoms with E-state index < -0.39 is 11.5 Å². The van der Waals surface area contributed by atoms with Crippen LogP contribution in [-0.2, 0) is 21.6 Å². The molecule has 0 saturated heterocycles. The van der Waals surface area contributed by atoms with E-state index >= 15 is 0 Å². The second-order valence-corrected chi connectivity index (χ2v) is 6.35. The van der Waals surface area contributed by atoms with E-state index in [0.29, 0.717) is 10.7 Å². The molecular formula is C17H13Cl2NO3. The highest BCUT2D eigenvalue weighted by molar-refractivity contribution is 6.36. The third kappa shape index (κ3) is 2.98. The second-order valence-electron chi connectivity index (χ2n) is 5.50. The third-order valence-electron chi connectivity index (χ3n) is 3.79. The van der Waals surface area contributed by atoms with Crippen molar-refractivity contribution in [3.63, 3.8) is 0 Å². The van der Waals surface area contributed by atoms with E-state index in [9.17, 15) is 14.7 Å². The fraction of sp³-hybridized carbons (Fsp3) is 0.176. The van der Waals surface area contributed by atoms with Crippen LogP contribution >= 0.6 is 23.2 Å². The van der Waals surface area contributed by atoms with Gasteiger partial charge < -0.3 is 10.4 Å². The molecule has 1 aliphatic rings. The van der Waals surface area contributed by atoms with Gasteiger partial charge in [-0.2, -0.15) is 0 Å². The van der Waals surface area contributed by atoms with E-state index in [1.807, 2.05) is 30.3 Å². The lowest BCUT2D eigenvalue weighted by atomic mass is 9.88. The summed E-state index contributed by atoms with van der Waals surface area (Å²) < 4.78 is 0. The van der Waals surface area contributed by atoms with Crippen LogP contribution in [0.5, 0.6) is 0 Å². The van der Waals surface area contributed by atoms with Crippen LogP contribution in [0.1, 0.15) is 17.5 Å². The van der Waals surface area contributed by atoms with Crippen LogP contribution in [0.4, 0.5) is 5.69 Å². The molecule has 0 fully saturated rings. The molecule has 23 heavy (non-hydrogen) atoms. The highest BCUT2D eigenvalue weighted by Crippen LogP contribution is 2.44. The Balaban J connectivity index is 1.88. The van der Waals surface area contributed by atoms with Gasteiger partial charge in [-0.3, -0.25) is 9.59 Å². The molecule has 6 heteroatoms. The topological polar surface area (TPSA) is 66.4 Å². The van der Waals surface area contributed by atoms with Crippen molar-refractivity contribution in [1.82, 2.24) is 0 Å². The summed E-state index contributed by atoms with van der Waals surface area (Å²) in [5.41, 5.74) is -0.609. The summed E-state index contributed by atoms with van der Waals surface area (Å²) in [5, 5.41) is 13.8. The lowest BCUT2D eigenvalue weighted by molar-refractivity contribution is -0.139. The van der Waals surface area contributed by atoms with Crippen LogP contribution in [0.15, 0.2) is 42.5 Å². The Morgan fingerprint density at radius 1 is 1.17 bits per heavy atom. The number of amides is 1. The van der Waals surface area contributed by atoms with E-state index in [1.165, 1.54) is 12.1 Å². The Labute approximate surface area is 143 Å². The molecule has 0 aromatic heterocycles. The van der Waals surface area contributed by atoms with Crippen LogP contribution < -0.4 is 5.32 Å². The molecule has 0 aliphatic carbocycles. The number of rotatable bonds is 4.